The van der Waals surface area contributed by atoms with Crippen molar-refractivity contribution in [3.05, 3.63) is 63.9 Å². The number of halogens is 2. The van der Waals surface area contributed by atoms with Crippen molar-refractivity contribution >= 4 is 40.9 Å². The molecule has 1 atom stereocenters. The average molecular weight is 409 g/mol. The van der Waals surface area contributed by atoms with E-state index in [2.05, 4.69) is 20.9 Å². The van der Waals surface area contributed by atoms with E-state index in [1.54, 1.807) is 24.5 Å². The SMILES string of the molecule is CC(NC(=O)CNC(=O)CNC(=O)c1ccc(Cl)cc1Cl)c1ccncc1. The Labute approximate surface area is 166 Å². The van der Waals surface area contributed by atoms with E-state index in [0.717, 1.165) is 5.56 Å². The molecule has 7 nitrogen and oxygen atoms in total. The Morgan fingerprint density at radius 2 is 1.67 bits per heavy atom. The van der Waals surface area contributed by atoms with Crippen LogP contribution < -0.4 is 16.0 Å². The van der Waals surface area contributed by atoms with Crippen LogP contribution >= 0.6 is 23.2 Å². The molecule has 3 amide bonds. The molecule has 2 aromatic rings. The van der Waals surface area contributed by atoms with Gasteiger partial charge in [0.2, 0.25) is 11.8 Å². The van der Waals surface area contributed by atoms with Gasteiger partial charge in [-0.05, 0) is 42.8 Å². The normalized spacial score (nSPS) is 11.4. The maximum atomic E-state index is 12.0. The molecule has 0 fully saturated rings. The van der Waals surface area contributed by atoms with Gasteiger partial charge in [0, 0.05) is 17.4 Å². The molecule has 1 aromatic carbocycles. The molecule has 0 spiro atoms. The Kier molecular flexibility index (Phi) is 7.57. The smallest absolute Gasteiger partial charge is 0.253 e. The predicted octanol–water partition coefficient (Wildman–Crippen LogP) is 2.11. The zero-order valence-corrected chi connectivity index (χ0v) is 16.0. The molecule has 27 heavy (non-hydrogen) atoms. The van der Waals surface area contributed by atoms with E-state index in [-0.39, 0.29) is 35.6 Å². The van der Waals surface area contributed by atoms with Gasteiger partial charge in [-0.15, -0.1) is 0 Å². The number of aromatic nitrogens is 1. The molecule has 0 aliphatic rings. The van der Waals surface area contributed by atoms with Gasteiger partial charge in [0.25, 0.3) is 5.91 Å². The fourth-order valence-corrected chi connectivity index (χ4v) is 2.69. The van der Waals surface area contributed by atoms with E-state index < -0.39 is 11.8 Å². The van der Waals surface area contributed by atoms with Gasteiger partial charge in [0.05, 0.1) is 29.7 Å². The Morgan fingerprint density at radius 1 is 1.00 bits per heavy atom. The summed E-state index contributed by atoms with van der Waals surface area (Å²) in [6.07, 6.45) is 3.27. The van der Waals surface area contributed by atoms with E-state index in [4.69, 9.17) is 23.2 Å². The number of nitrogens with zero attached hydrogens (tertiary/aromatic N) is 1. The lowest BCUT2D eigenvalue weighted by atomic mass is 10.1. The third-order valence-electron chi connectivity index (χ3n) is 3.61. The maximum Gasteiger partial charge on any atom is 0.253 e. The summed E-state index contributed by atoms with van der Waals surface area (Å²) in [6, 6.07) is 7.79. The minimum absolute atomic E-state index is 0.185. The van der Waals surface area contributed by atoms with Crippen molar-refractivity contribution in [3.63, 3.8) is 0 Å². The van der Waals surface area contributed by atoms with Crippen LogP contribution in [0.15, 0.2) is 42.7 Å². The van der Waals surface area contributed by atoms with Crippen LogP contribution in [0.3, 0.4) is 0 Å². The molecule has 0 aliphatic carbocycles. The van der Waals surface area contributed by atoms with Gasteiger partial charge in [0.1, 0.15) is 0 Å². The molecule has 9 heteroatoms. The lowest BCUT2D eigenvalue weighted by Gasteiger charge is -2.14. The predicted molar refractivity (Wildman–Crippen MR) is 103 cm³/mol. The molecule has 0 saturated heterocycles. The number of hydrogen-bond donors (Lipinski definition) is 3. The maximum absolute atomic E-state index is 12.0. The van der Waals surface area contributed by atoms with Crippen molar-refractivity contribution in [1.82, 2.24) is 20.9 Å². The van der Waals surface area contributed by atoms with Gasteiger partial charge in [-0.2, -0.15) is 0 Å². The number of rotatable bonds is 7. The zero-order chi connectivity index (χ0) is 19.8. The summed E-state index contributed by atoms with van der Waals surface area (Å²) in [7, 11) is 0. The van der Waals surface area contributed by atoms with E-state index in [9.17, 15) is 14.4 Å². The van der Waals surface area contributed by atoms with Crippen LogP contribution in [-0.4, -0.2) is 35.8 Å². The number of amides is 3. The molecular weight excluding hydrogens is 391 g/mol. The third kappa shape index (κ3) is 6.54. The topological polar surface area (TPSA) is 100 Å². The minimum Gasteiger partial charge on any atom is -0.348 e. The lowest BCUT2D eigenvalue weighted by Crippen LogP contribution is -2.42. The number of pyridine rings is 1. The number of carbonyl (C=O) groups excluding carboxylic acids is 3. The Morgan fingerprint density at radius 3 is 2.33 bits per heavy atom. The molecule has 0 aliphatic heterocycles. The molecule has 142 valence electrons. The molecule has 0 radical (unpaired) electrons. The minimum atomic E-state index is -0.512. The lowest BCUT2D eigenvalue weighted by molar-refractivity contribution is -0.125. The van der Waals surface area contributed by atoms with Gasteiger partial charge in [-0.1, -0.05) is 23.2 Å². The first-order valence-electron chi connectivity index (χ1n) is 8.06. The highest BCUT2D eigenvalue weighted by Crippen LogP contribution is 2.20. The first kappa shape index (κ1) is 20.7. The third-order valence-corrected chi connectivity index (χ3v) is 4.16. The monoisotopic (exact) mass is 408 g/mol. The summed E-state index contributed by atoms with van der Waals surface area (Å²) >= 11 is 11.7. The van der Waals surface area contributed by atoms with Crippen LogP contribution in [0.4, 0.5) is 0 Å². The Balaban J connectivity index is 1.74. The Bertz CT molecular complexity index is 831. The summed E-state index contributed by atoms with van der Waals surface area (Å²) in [5.41, 5.74) is 1.11. The largest absolute Gasteiger partial charge is 0.348 e. The van der Waals surface area contributed by atoms with Crippen LogP contribution in [0.5, 0.6) is 0 Å². The Hall–Kier alpha value is -2.64. The molecule has 3 N–H and O–H groups in total. The number of carbonyl (C=O) groups is 3. The number of hydrogen-bond acceptors (Lipinski definition) is 4. The van der Waals surface area contributed by atoms with Crippen molar-refractivity contribution < 1.29 is 14.4 Å². The summed E-state index contributed by atoms with van der Waals surface area (Å²) < 4.78 is 0. The van der Waals surface area contributed by atoms with Gasteiger partial charge < -0.3 is 16.0 Å². The summed E-state index contributed by atoms with van der Waals surface area (Å²) in [4.78, 5) is 39.7. The van der Waals surface area contributed by atoms with Crippen molar-refractivity contribution in [2.75, 3.05) is 13.1 Å². The molecule has 1 unspecified atom stereocenters. The highest BCUT2D eigenvalue weighted by Gasteiger charge is 2.13. The van der Waals surface area contributed by atoms with Gasteiger partial charge in [-0.3, -0.25) is 19.4 Å². The molecular formula is C18H18Cl2N4O3. The molecule has 2 rings (SSSR count). The van der Waals surface area contributed by atoms with Crippen molar-refractivity contribution in [1.29, 1.82) is 0 Å². The second-order valence-corrected chi connectivity index (χ2v) is 6.50. The van der Waals surface area contributed by atoms with Gasteiger partial charge in [0.15, 0.2) is 0 Å². The van der Waals surface area contributed by atoms with Crippen LogP contribution in [0.1, 0.15) is 28.9 Å². The van der Waals surface area contributed by atoms with Crippen molar-refractivity contribution in [2.45, 2.75) is 13.0 Å². The fourth-order valence-electron chi connectivity index (χ4n) is 2.20. The van der Waals surface area contributed by atoms with Crippen molar-refractivity contribution in [2.24, 2.45) is 0 Å². The second kappa shape index (κ2) is 9.89. The van der Waals surface area contributed by atoms with E-state index in [1.807, 2.05) is 6.92 Å². The van der Waals surface area contributed by atoms with Crippen LogP contribution in [0.25, 0.3) is 0 Å². The van der Waals surface area contributed by atoms with Crippen molar-refractivity contribution in [3.8, 4) is 0 Å². The summed E-state index contributed by atoms with van der Waals surface area (Å²) in [5, 5.41) is 8.22. The van der Waals surface area contributed by atoms with Gasteiger partial charge in [-0.25, -0.2) is 0 Å². The fraction of sp³-hybridized carbons (Fsp3) is 0.222. The highest BCUT2D eigenvalue weighted by molar-refractivity contribution is 6.36. The zero-order valence-electron chi connectivity index (χ0n) is 14.5. The average Bonchev–Trinajstić information content (AvgIpc) is 2.65. The van der Waals surface area contributed by atoms with Crippen LogP contribution in [-0.2, 0) is 9.59 Å². The molecule has 1 heterocycles. The number of benzene rings is 1. The molecule has 1 aromatic heterocycles. The number of nitrogens with one attached hydrogen (secondary N) is 3. The second-order valence-electron chi connectivity index (χ2n) is 5.65. The first-order valence-corrected chi connectivity index (χ1v) is 8.81. The summed E-state index contributed by atoms with van der Waals surface area (Å²) in [5.74, 6) is -1.36. The van der Waals surface area contributed by atoms with E-state index >= 15 is 0 Å². The van der Waals surface area contributed by atoms with Crippen LogP contribution in [0.2, 0.25) is 10.0 Å². The van der Waals surface area contributed by atoms with E-state index in [1.165, 1.54) is 18.2 Å². The van der Waals surface area contributed by atoms with Crippen LogP contribution in [0, 0.1) is 0 Å². The first-order chi connectivity index (χ1) is 12.9. The molecule has 0 bridgehead atoms. The summed E-state index contributed by atoms with van der Waals surface area (Å²) in [6.45, 7) is 1.34. The highest BCUT2D eigenvalue weighted by atomic mass is 35.5. The van der Waals surface area contributed by atoms with Gasteiger partial charge >= 0.3 is 0 Å². The standard InChI is InChI=1S/C18H18Cl2N4O3/c1-11(12-4-6-21-7-5-12)24-17(26)10-22-16(25)9-23-18(27)14-3-2-13(19)8-15(14)20/h2-8,11H,9-10H2,1H3,(H,22,25)(H,23,27)(H,24,26). The quantitative estimate of drug-likeness (QED) is 0.652. The van der Waals surface area contributed by atoms with E-state index in [0.29, 0.717) is 5.02 Å². The molecule has 0 saturated carbocycles.